The summed E-state index contributed by atoms with van der Waals surface area (Å²) in [6.07, 6.45) is 0.883. The minimum absolute atomic E-state index is 0.0905. The number of aromatic nitrogens is 3. The van der Waals surface area contributed by atoms with E-state index in [9.17, 15) is 13.6 Å². The number of imidazole rings is 1. The summed E-state index contributed by atoms with van der Waals surface area (Å²) in [5.41, 5.74) is 1.56. The maximum Gasteiger partial charge on any atom is 0.280 e. The summed E-state index contributed by atoms with van der Waals surface area (Å²) < 4.78 is 33.1. The fourth-order valence-electron chi connectivity index (χ4n) is 2.98. The third-order valence-corrected chi connectivity index (χ3v) is 4.55. The number of carbonyl (C=O) groups excluding carboxylic acids is 1. The second-order valence-electron chi connectivity index (χ2n) is 6.47. The van der Waals surface area contributed by atoms with E-state index in [0.29, 0.717) is 29.6 Å². The molecular weight excluding hydrogens is 368 g/mol. The van der Waals surface area contributed by atoms with Crippen molar-refractivity contribution in [1.82, 2.24) is 19.7 Å². The van der Waals surface area contributed by atoms with Crippen molar-refractivity contribution in [2.24, 2.45) is 0 Å². The zero-order valence-corrected chi connectivity index (χ0v) is 15.2. The van der Waals surface area contributed by atoms with Crippen LogP contribution in [0.4, 0.5) is 14.5 Å². The number of ether oxygens (including phenoxy) is 1. The summed E-state index contributed by atoms with van der Waals surface area (Å²) >= 11 is 0. The van der Waals surface area contributed by atoms with E-state index in [1.165, 1.54) is 18.2 Å². The Morgan fingerprint density at radius 2 is 2.18 bits per heavy atom. The van der Waals surface area contributed by atoms with Crippen molar-refractivity contribution in [3.8, 4) is 5.75 Å². The fraction of sp³-hybridized carbons (Fsp3) is 0.316. The van der Waals surface area contributed by atoms with Crippen LogP contribution in [0.25, 0.3) is 5.65 Å². The third-order valence-electron chi connectivity index (χ3n) is 4.55. The Balaban J connectivity index is 1.65. The quantitative estimate of drug-likeness (QED) is 0.680. The van der Waals surface area contributed by atoms with Gasteiger partial charge in [0.1, 0.15) is 28.5 Å². The van der Waals surface area contributed by atoms with Gasteiger partial charge >= 0.3 is 0 Å². The van der Waals surface area contributed by atoms with Crippen LogP contribution in [-0.4, -0.2) is 40.0 Å². The van der Waals surface area contributed by atoms with Gasteiger partial charge in [-0.15, -0.1) is 0 Å². The van der Waals surface area contributed by atoms with Crippen molar-refractivity contribution in [3.05, 3.63) is 53.7 Å². The molecule has 28 heavy (non-hydrogen) atoms. The van der Waals surface area contributed by atoms with Gasteiger partial charge in [0.2, 0.25) is 0 Å². The number of nitrogens with zero attached hydrogens (tertiary/aromatic N) is 3. The lowest BCUT2D eigenvalue weighted by atomic mass is 10.0. The van der Waals surface area contributed by atoms with Crippen LogP contribution in [0, 0.1) is 0 Å². The molecule has 1 saturated heterocycles. The number of halogens is 2. The Bertz CT molecular complexity index is 1020. The van der Waals surface area contributed by atoms with Gasteiger partial charge in [-0.05, 0) is 19.1 Å². The number of carbonyl (C=O) groups is 1. The molecule has 0 aromatic carbocycles. The molecule has 0 unspecified atom stereocenters. The van der Waals surface area contributed by atoms with Crippen LogP contribution in [-0.2, 0) is 0 Å². The molecule has 0 saturated carbocycles. The van der Waals surface area contributed by atoms with E-state index in [-0.39, 0.29) is 5.69 Å². The Labute approximate surface area is 159 Å². The first-order chi connectivity index (χ1) is 13.5. The maximum absolute atomic E-state index is 12.8. The molecule has 0 bridgehead atoms. The Hall–Kier alpha value is -3.07. The van der Waals surface area contributed by atoms with Gasteiger partial charge in [-0.1, -0.05) is 6.07 Å². The van der Waals surface area contributed by atoms with Gasteiger partial charge in [0.05, 0.1) is 12.3 Å². The molecule has 4 heterocycles. The molecule has 3 aromatic rings. The predicted molar refractivity (Wildman–Crippen MR) is 99.1 cm³/mol. The van der Waals surface area contributed by atoms with Crippen molar-refractivity contribution in [3.63, 3.8) is 0 Å². The molecule has 7 nitrogen and oxygen atoms in total. The summed E-state index contributed by atoms with van der Waals surface area (Å²) in [6.45, 7) is 4.01. The van der Waals surface area contributed by atoms with Crippen molar-refractivity contribution in [1.29, 1.82) is 0 Å². The molecule has 1 aliphatic rings. The number of alkyl halides is 2. The first-order valence-electron chi connectivity index (χ1n) is 8.97. The number of fused-ring (bicyclic) bond motifs is 1. The Morgan fingerprint density at radius 3 is 2.86 bits per heavy atom. The topological polar surface area (TPSA) is 80.5 Å². The highest BCUT2D eigenvalue weighted by Gasteiger charge is 2.22. The second kappa shape index (κ2) is 7.51. The normalized spacial score (nSPS) is 14.3. The predicted octanol–water partition coefficient (Wildman–Crippen LogP) is 3.00. The van der Waals surface area contributed by atoms with Gasteiger partial charge in [-0.2, -0.15) is 0 Å². The lowest BCUT2D eigenvalue weighted by molar-refractivity contribution is 0.101. The van der Waals surface area contributed by atoms with Gasteiger partial charge in [-0.3, -0.25) is 4.79 Å². The van der Waals surface area contributed by atoms with E-state index in [1.54, 1.807) is 12.3 Å². The smallest absolute Gasteiger partial charge is 0.280 e. The number of hydrogen-bond donors (Lipinski definition) is 2. The highest BCUT2D eigenvalue weighted by Crippen LogP contribution is 2.29. The molecule has 1 amide bonds. The van der Waals surface area contributed by atoms with E-state index in [4.69, 9.17) is 4.74 Å². The fourth-order valence-corrected chi connectivity index (χ4v) is 2.98. The van der Waals surface area contributed by atoms with Crippen LogP contribution < -0.4 is 15.4 Å². The number of anilines is 1. The lowest BCUT2D eigenvalue weighted by Crippen LogP contribution is -2.40. The third kappa shape index (κ3) is 3.53. The molecule has 0 atom stereocenters. The van der Waals surface area contributed by atoms with E-state index >= 15 is 0 Å². The number of nitrogens with one attached hydrogen (secondary N) is 2. The van der Waals surface area contributed by atoms with Gasteiger partial charge < -0.3 is 19.8 Å². The summed E-state index contributed by atoms with van der Waals surface area (Å²) in [5, 5.41) is 5.92. The number of hydrogen-bond acceptors (Lipinski definition) is 5. The first-order valence-corrected chi connectivity index (χ1v) is 8.97. The van der Waals surface area contributed by atoms with E-state index in [2.05, 4.69) is 20.6 Å². The van der Waals surface area contributed by atoms with Crippen LogP contribution in [0.15, 0.2) is 36.7 Å². The summed E-state index contributed by atoms with van der Waals surface area (Å²) in [6, 6.07) is 5.70. The molecule has 1 fully saturated rings. The van der Waals surface area contributed by atoms with Crippen molar-refractivity contribution in [2.45, 2.75) is 19.3 Å². The molecule has 2 N–H and O–H groups in total. The van der Waals surface area contributed by atoms with Crippen LogP contribution >= 0.6 is 0 Å². The monoisotopic (exact) mass is 387 g/mol. The van der Waals surface area contributed by atoms with Gasteiger partial charge in [0, 0.05) is 37.5 Å². The van der Waals surface area contributed by atoms with Crippen LogP contribution in [0.2, 0.25) is 0 Å². The molecular formula is C19H19F2N5O2. The van der Waals surface area contributed by atoms with Gasteiger partial charge in [0.15, 0.2) is 0 Å². The van der Waals surface area contributed by atoms with E-state index in [1.807, 2.05) is 17.5 Å². The van der Waals surface area contributed by atoms with E-state index < -0.39 is 18.0 Å². The maximum atomic E-state index is 12.8. The van der Waals surface area contributed by atoms with E-state index in [0.717, 1.165) is 18.8 Å². The molecule has 4 rings (SSSR count). The Morgan fingerprint density at radius 1 is 1.36 bits per heavy atom. The number of amides is 1. The summed E-state index contributed by atoms with van der Waals surface area (Å²) in [4.78, 5) is 20.9. The largest absolute Gasteiger partial charge is 0.491 e. The van der Waals surface area contributed by atoms with Crippen LogP contribution in [0.1, 0.15) is 41.1 Å². The molecule has 0 spiro atoms. The van der Waals surface area contributed by atoms with Crippen molar-refractivity contribution < 1.29 is 18.3 Å². The lowest BCUT2D eigenvalue weighted by Gasteiger charge is -2.24. The first kappa shape index (κ1) is 18.3. The van der Waals surface area contributed by atoms with Crippen molar-refractivity contribution >= 4 is 17.2 Å². The summed E-state index contributed by atoms with van der Waals surface area (Å²) in [7, 11) is 0. The highest BCUT2D eigenvalue weighted by atomic mass is 19.3. The zero-order valence-electron chi connectivity index (χ0n) is 15.2. The SMILES string of the molecule is CCOc1cc2nc(C3CNC3)cn2cc1NC(=O)c1cccc(C(F)F)n1. The molecule has 146 valence electrons. The average molecular weight is 387 g/mol. The zero-order chi connectivity index (χ0) is 19.7. The Kier molecular flexibility index (Phi) is 4.91. The average Bonchev–Trinajstić information content (AvgIpc) is 3.02. The minimum atomic E-state index is -2.74. The van der Waals surface area contributed by atoms with Crippen LogP contribution in [0.3, 0.4) is 0 Å². The highest BCUT2D eigenvalue weighted by molar-refractivity contribution is 6.03. The molecule has 1 aliphatic heterocycles. The number of rotatable bonds is 6. The molecule has 0 aliphatic carbocycles. The van der Waals surface area contributed by atoms with Gasteiger partial charge in [0.25, 0.3) is 12.3 Å². The van der Waals surface area contributed by atoms with Crippen molar-refractivity contribution in [2.75, 3.05) is 25.0 Å². The second-order valence-corrected chi connectivity index (χ2v) is 6.47. The molecule has 0 radical (unpaired) electrons. The van der Waals surface area contributed by atoms with Crippen LogP contribution in [0.5, 0.6) is 5.75 Å². The molecule has 3 aromatic heterocycles. The standard InChI is InChI=1S/C19H19F2N5O2/c1-2-28-16-6-17-24-14(11-7-22-8-11)9-26(17)10-15(16)25-19(27)13-5-3-4-12(23-13)18(20)21/h3-6,9-11,18,22H,2,7-8H2,1H3,(H,25,27). The minimum Gasteiger partial charge on any atom is -0.491 e. The summed E-state index contributed by atoms with van der Waals surface area (Å²) in [5.74, 6) is 0.235. The number of pyridine rings is 2. The van der Waals surface area contributed by atoms with Gasteiger partial charge in [-0.25, -0.2) is 18.7 Å². The molecule has 9 heteroatoms.